The lowest BCUT2D eigenvalue weighted by molar-refractivity contribution is 0.596. The van der Waals surface area contributed by atoms with Crippen LogP contribution in [0.5, 0.6) is 0 Å². The number of rotatable bonds is 4. The minimum atomic E-state index is -0.157. The number of amidine groups is 1. The Hall–Kier alpha value is -1.64. The molecule has 21 heavy (non-hydrogen) atoms. The number of hydrogen-bond acceptors (Lipinski definition) is 1. The molecule has 0 aliphatic heterocycles. The van der Waals surface area contributed by atoms with Crippen LogP contribution < -0.4 is 4.90 Å². The van der Waals surface area contributed by atoms with E-state index in [9.17, 15) is 4.39 Å². The number of anilines is 1. The molecule has 2 nitrogen and oxygen atoms in total. The number of nitrogens with zero attached hydrogens (tertiary/aromatic N) is 2. The molecule has 1 aliphatic rings. The Morgan fingerprint density at radius 3 is 2.76 bits per heavy atom. The number of aliphatic imine (C=N–C) groups is 1. The van der Waals surface area contributed by atoms with Crippen molar-refractivity contribution < 1.29 is 4.39 Å². The van der Waals surface area contributed by atoms with Crippen molar-refractivity contribution in [2.75, 3.05) is 11.9 Å². The summed E-state index contributed by atoms with van der Waals surface area (Å²) in [6.45, 7) is 9.74. The quantitative estimate of drug-likeness (QED) is 0.559. The predicted octanol–water partition coefficient (Wildman–Crippen LogP) is 5.04. The molecule has 0 saturated carbocycles. The first-order valence-electron chi connectivity index (χ1n) is 7.71. The van der Waals surface area contributed by atoms with E-state index in [-0.39, 0.29) is 5.82 Å². The molecule has 0 amide bonds. The number of aryl methyl sites for hydroxylation is 1. The topological polar surface area (TPSA) is 15.6 Å². The molecule has 1 unspecified atom stereocenters. The fourth-order valence-corrected chi connectivity index (χ4v) is 3.26. The van der Waals surface area contributed by atoms with Crippen LogP contribution in [0.25, 0.3) is 0 Å². The summed E-state index contributed by atoms with van der Waals surface area (Å²) in [6.07, 6.45) is 4.43. The van der Waals surface area contributed by atoms with Crippen LogP contribution in [0.4, 0.5) is 10.1 Å². The van der Waals surface area contributed by atoms with Gasteiger partial charge < -0.3 is 4.90 Å². The maximum atomic E-state index is 14.5. The largest absolute Gasteiger partial charge is 0.331 e. The van der Waals surface area contributed by atoms with Gasteiger partial charge in [-0.05, 0) is 56.2 Å². The van der Waals surface area contributed by atoms with Crippen LogP contribution in [-0.2, 0) is 6.42 Å². The van der Waals surface area contributed by atoms with E-state index in [1.54, 1.807) is 6.07 Å². The van der Waals surface area contributed by atoms with Gasteiger partial charge in [0.05, 0.1) is 5.69 Å². The molecule has 0 heterocycles. The summed E-state index contributed by atoms with van der Waals surface area (Å²) in [5, 5.41) is 0. The van der Waals surface area contributed by atoms with Crippen LogP contribution in [0.3, 0.4) is 0 Å². The minimum Gasteiger partial charge on any atom is -0.331 e. The summed E-state index contributed by atoms with van der Waals surface area (Å²) in [5.74, 6) is 1.09. The smallest absolute Gasteiger partial charge is 0.147 e. The third-order valence-corrected chi connectivity index (χ3v) is 4.24. The Labute approximate surface area is 127 Å². The van der Waals surface area contributed by atoms with Crippen LogP contribution in [-0.4, -0.2) is 12.9 Å². The third-order valence-electron chi connectivity index (χ3n) is 4.24. The van der Waals surface area contributed by atoms with E-state index in [1.807, 2.05) is 31.9 Å². The average Bonchev–Trinajstić information content (AvgIpc) is 2.81. The Balaban J connectivity index is 2.49. The molecule has 114 valence electrons. The van der Waals surface area contributed by atoms with Gasteiger partial charge in [0.2, 0.25) is 0 Å². The van der Waals surface area contributed by atoms with E-state index in [4.69, 9.17) is 0 Å². The highest BCUT2D eigenvalue weighted by atomic mass is 19.1. The number of allylic oxidation sites excluding steroid dienone is 1. The molecule has 1 aromatic carbocycles. The summed E-state index contributed by atoms with van der Waals surface area (Å²) < 4.78 is 14.5. The minimum absolute atomic E-state index is 0.157. The molecular formula is C18H25FN2. The molecule has 0 fully saturated rings. The highest BCUT2D eigenvalue weighted by Crippen LogP contribution is 2.43. The highest BCUT2D eigenvalue weighted by molar-refractivity contribution is 5.97. The van der Waals surface area contributed by atoms with Crippen LogP contribution >= 0.6 is 0 Å². The third kappa shape index (κ3) is 3.17. The van der Waals surface area contributed by atoms with Crippen LogP contribution in [0.15, 0.2) is 29.4 Å². The zero-order valence-electron chi connectivity index (χ0n) is 13.5. The summed E-state index contributed by atoms with van der Waals surface area (Å²) in [6, 6.07) is 3.54. The Bertz CT molecular complexity index is 573. The standard InChI is InChI=1S/C18H25FN2/c1-6-7-14-8-9-15-10-11-16(19)18(17(14)15)21(5)13(4)20-12(2)3/h10-11,14H,2,6-9H2,1,3-5H3/b20-13+. The Morgan fingerprint density at radius 1 is 1.43 bits per heavy atom. The van der Waals surface area contributed by atoms with Crippen molar-refractivity contribution in [3.8, 4) is 0 Å². The van der Waals surface area contributed by atoms with Crippen molar-refractivity contribution >= 4 is 11.5 Å². The lowest BCUT2D eigenvalue weighted by Gasteiger charge is -2.25. The van der Waals surface area contributed by atoms with E-state index < -0.39 is 0 Å². The Kier molecular flexibility index (Phi) is 4.81. The maximum absolute atomic E-state index is 14.5. The van der Waals surface area contributed by atoms with Gasteiger partial charge in [-0.3, -0.25) is 0 Å². The zero-order valence-corrected chi connectivity index (χ0v) is 13.5. The van der Waals surface area contributed by atoms with Crippen LogP contribution in [0.1, 0.15) is 57.1 Å². The second kappa shape index (κ2) is 6.42. The van der Waals surface area contributed by atoms with Gasteiger partial charge in [0.25, 0.3) is 0 Å². The van der Waals surface area contributed by atoms with Gasteiger partial charge in [-0.15, -0.1) is 0 Å². The monoisotopic (exact) mass is 288 g/mol. The van der Waals surface area contributed by atoms with Crippen LogP contribution in [0, 0.1) is 5.82 Å². The molecule has 3 heteroatoms. The lowest BCUT2D eigenvalue weighted by atomic mass is 9.94. The summed E-state index contributed by atoms with van der Waals surface area (Å²) in [7, 11) is 1.89. The Morgan fingerprint density at radius 2 is 2.14 bits per heavy atom. The molecule has 0 spiro atoms. The molecule has 0 bridgehead atoms. The second-order valence-electron chi connectivity index (χ2n) is 5.95. The SMILES string of the molecule is C=C(C)/N=C(\C)N(C)c1c(F)ccc2c1C(CCC)CC2. The highest BCUT2D eigenvalue weighted by Gasteiger charge is 2.28. The van der Waals surface area contributed by atoms with Gasteiger partial charge in [0.15, 0.2) is 0 Å². The molecule has 1 atom stereocenters. The molecule has 2 rings (SSSR count). The first-order chi connectivity index (χ1) is 9.95. The van der Waals surface area contributed by atoms with Crippen LogP contribution in [0.2, 0.25) is 0 Å². The van der Waals surface area contributed by atoms with E-state index >= 15 is 0 Å². The first-order valence-corrected chi connectivity index (χ1v) is 7.71. The molecule has 1 aliphatic carbocycles. The van der Waals surface area contributed by atoms with Crippen molar-refractivity contribution in [3.63, 3.8) is 0 Å². The van der Waals surface area contributed by atoms with Gasteiger partial charge in [-0.2, -0.15) is 0 Å². The normalized spacial score (nSPS) is 17.8. The fourth-order valence-electron chi connectivity index (χ4n) is 3.26. The van der Waals surface area contributed by atoms with Crippen molar-refractivity contribution in [2.45, 2.75) is 52.4 Å². The predicted molar refractivity (Wildman–Crippen MR) is 88.7 cm³/mol. The fraction of sp³-hybridized carbons (Fsp3) is 0.500. The zero-order chi connectivity index (χ0) is 15.6. The van der Waals surface area contributed by atoms with Gasteiger partial charge in [-0.25, -0.2) is 9.38 Å². The van der Waals surface area contributed by atoms with Crippen molar-refractivity contribution in [1.82, 2.24) is 0 Å². The number of benzene rings is 1. The van der Waals surface area contributed by atoms with Crippen molar-refractivity contribution in [1.29, 1.82) is 0 Å². The first kappa shape index (κ1) is 15.7. The van der Waals surface area contributed by atoms with E-state index in [0.29, 0.717) is 11.6 Å². The molecule has 0 saturated heterocycles. The number of fused-ring (bicyclic) bond motifs is 1. The molecule has 0 N–H and O–H groups in total. The van der Waals surface area contributed by atoms with Gasteiger partial charge >= 0.3 is 0 Å². The van der Waals surface area contributed by atoms with Crippen molar-refractivity contribution in [2.24, 2.45) is 4.99 Å². The summed E-state index contributed by atoms with van der Waals surface area (Å²) >= 11 is 0. The molecule has 0 radical (unpaired) electrons. The lowest BCUT2D eigenvalue weighted by Crippen LogP contribution is -2.26. The van der Waals surface area contributed by atoms with Gasteiger partial charge in [0, 0.05) is 12.7 Å². The van der Waals surface area contributed by atoms with Gasteiger partial charge in [-0.1, -0.05) is 26.0 Å². The van der Waals surface area contributed by atoms with E-state index in [1.165, 1.54) is 11.1 Å². The van der Waals surface area contributed by atoms with E-state index in [2.05, 4.69) is 18.5 Å². The molecular weight excluding hydrogens is 263 g/mol. The summed E-state index contributed by atoms with van der Waals surface area (Å²) in [4.78, 5) is 6.24. The molecule has 0 aromatic heterocycles. The summed E-state index contributed by atoms with van der Waals surface area (Å²) in [5.41, 5.74) is 3.92. The second-order valence-corrected chi connectivity index (χ2v) is 5.95. The number of halogens is 1. The van der Waals surface area contributed by atoms with E-state index in [0.717, 1.165) is 37.2 Å². The van der Waals surface area contributed by atoms with Gasteiger partial charge in [0.1, 0.15) is 11.7 Å². The van der Waals surface area contributed by atoms with Crippen molar-refractivity contribution in [3.05, 3.63) is 41.4 Å². The maximum Gasteiger partial charge on any atom is 0.147 e. The number of hydrogen-bond donors (Lipinski definition) is 0. The molecule has 1 aromatic rings. The average molecular weight is 288 g/mol.